The Morgan fingerprint density at radius 3 is 2.57 bits per heavy atom. The number of aryl methyl sites for hydroxylation is 2. The highest BCUT2D eigenvalue weighted by molar-refractivity contribution is 5.53. The Bertz CT molecular complexity index is 340. The van der Waals surface area contributed by atoms with Gasteiger partial charge in [-0.1, -0.05) is 23.8 Å². The summed E-state index contributed by atoms with van der Waals surface area (Å²) in [6, 6.07) is 5.84. The standard InChI is InChI=1S/C12H16O2/c1-9-4-5-11(10(2)8-9)12(3,14)6-7-13/h4-5,7-8,14H,6H2,1-3H3. The second kappa shape index (κ2) is 3.93. The molecule has 0 saturated heterocycles. The molecule has 0 heterocycles. The van der Waals surface area contributed by atoms with Crippen molar-refractivity contribution >= 4 is 6.29 Å². The molecule has 0 saturated carbocycles. The van der Waals surface area contributed by atoms with Crippen LogP contribution in [0.3, 0.4) is 0 Å². The highest BCUT2D eigenvalue weighted by atomic mass is 16.3. The van der Waals surface area contributed by atoms with Crippen LogP contribution >= 0.6 is 0 Å². The summed E-state index contributed by atoms with van der Waals surface area (Å²) in [5.74, 6) is 0. The molecule has 0 radical (unpaired) electrons. The van der Waals surface area contributed by atoms with Crippen LogP contribution in [0.1, 0.15) is 30.0 Å². The zero-order valence-corrected chi connectivity index (χ0v) is 8.87. The van der Waals surface area contributed by atoms with E-state index in [4.69, 9.17) is 0 Å². The van der Waals surface area contributed by atoms with E-state index in [9.17, 15) is 9.90 Å². The average Bonchev–Trinajstić information content (AvgIpc) is 2.02. The molecule has 1 aromatic rings. The van der Waals surface area contributed by atoms with Crippen molar-refractivity contribution in [2.75, 3.05) is 0 Å². The third-order valence-electron chi connectivity index (χ3n) is 2.44. The van der Waals surface area contributed by atoms with Crippen molar-refractivity contribution in [2.24, 2.45) is 0 Å². The van der Waals surface area contributed by atoms with E-state index in [0.717, 1.165) is 23.0 Å². The van der Waals surface area contributed by atoms with Crippen LogP contribution in [0.2, 0.25) is 0 Å². The predicted molar refractivity (Wildman–Crippen MR) is 56.2 cm³/mol. The fourth-order valence-corrected chi connectivity index (χ4v) is 1.69. The van der Waals surface area contributed by atoms with Crippen molar-refractivity contribution in [3.63, 3.8) is 0 Å². The van der Waals surface area contributed by atoms with E-state index in [1.165, 1.54) is 0 Å². The van der Waals surface area contributed by atoms with E-state index in [-0.39, 0.29) is 6.42 Å². The lowest BCUT2D eigenvalue weighted by Crippen LogP contribution is -2.22. The largest absolute Gasteiger partial charge is 0.385 e. The van der Waals surface area contributed by atoms with Gasteiger partial charge in [-0.25, -0.2) is 0 Å². The Morgan fingerprint density at radius 2 is 2.07 bits per heavy atom. The summed E-state index contributed by atoms with van der Waals surface area (Å²) >= 11 is 0. The fourth-order valence-electron chi connectivity index (χ4n) is 1.69. The Morgan fingerprint density at radius 1 is 1.43 bits per heavy atom. The SMILES string of the molecule is Cc1ccc(C(C)(O)CC=O)c(C)c1. The van der Waals surface area contributed by atoms with Gasteiger partial charge in [0, 0.05) is 6.42 Å². The van der Waals surface area contributed by atoms with E-state index in [1.807, 2.05) is 32.0 Å². The molecule has 14 heavy (non-hydrogen) atoms. The maximum absolute atomic E-state index is 10.4. The van der Waals surface area contributed by atoms with Crippen molar-refractivity contribution in [1.82, 2.24) is 0 Å². The molecule has 1 rings (SSSR count). The van der Waals surface area contributed by atoms with Crippen molar-refractivity contribution in [2.45, 2.75) is 32.8 Å². The molecular formula is C12H16O2. The summed E-state index contributed by atoms with van der Waals surface area (Å²) in [5.41, 5.74) is 1.97. The Labute approximate surface area is 84.6 Å². The lowest BCUT2D eigenvalue weighted by atomic mass is 9.89. The van der Waals surface area contributed by atoms with Gasteiger partial charge in [0.25, 0.3) is 0 Å². The molecule has 0 spiro atoms. The van der Waals surface area contributed by atoms with E-state index in [1.54, 1.807) is 6.92 Å². The van der Waals surface area contributed by atoms with Crippen LogP contribution in [-0.2, 0) is 10.4 Å². The summed E-state index contributed by atoms with van der Waals surface area (Å²) in [6.45, 7) is 5.62. The zero-order chi connectivity index (χ0) is 10.8. The lowest BCUT2D eigenvalue weighted by Gasteiger charge is -2.23. The molecule has 1 atom stereocenters. The first-order chi connectivity index (χ1) is 6.47. The third kappa shape index (κ3) is 2.20. The first kappa shape index (κ1) is 10.9. The van der Waals surface area contributed by atoms with Crippen molar-refractivity contribution < 1.29 is 9.90 Å². The maximum atomic E-state index is 10.4. The predicted octanol–water partition coefficient (Wildman–Crippen LogP) is 2.10. The van der Waals surface area contributed by atoms with Crippen LogP contribution < -0.4 is 0 Å². The molecule has 0 bridgehead atoms. The Kier molecular flexibility index (Phi) is 3.06. The van der Waals surface area contributed by atoms with Crippen LogP contribution in [-0.4, -0.2) is 11.4 Å². The lowest BCUT2D eigenvalue weighted by molar-refractivity contribution is -0.112. The fraction of sp³-hybridized carbons (Fsp3) is 0.417. The van der Waals surface area contributed by atoms with Gasteiger partial charge in [-0.15, -0.1) is 0 Å². The number of hydrogen-bond acceptors (Lipinski definition) is 2. The van der Waals surface area contributed by atoms with Gasteiger partial charge in [0.15, 0.2) is 0 Å². The smallest absolute Gasteiger partial charge is 0.123 e. The van der Waals surface area contributed by atoms with Crippen LogP contribution in [0.4, 0.5) is 0 Å². The molecule has 1 N–H and O–H groups in total. The summed E-state index contributed by atoms with van der Waals surface area (Å²) in [4.78, 5) is 10.4. The highest BCUT2D eigenvalue weighted by Crippen LogP contribution is 2.26. The molecule has 0 aromatic heterocycles. The van der Waals surface area contributed by atoms with Gasteiger partial charge >= 0.3 is 0 Å². The number of benzene rings is 1. The molecule has 0 fully saturated rings. The van der Waals surface area contributed by atoms with Gasteiger partial charge in [0.05, 0.1) is 5.60 Å². The molecule has 1 aromatic carbocycles. The van der Waals surface area contributed by atoms with E-state index in [0.29, 0.717) is 0 Å². The maximum Gasteiger partial charge on any atom is 0.123 e. The van der Waals surface area contributed by atoms with Crippen molar-refractivity contribution in [3.05, 3.63) is 34.9 Å². The first-order valence-electron chi connectivity index (χ1n) is 4.71. The highest BCUT2D eigenvalue weighted by Gasteiger charge is 2.23. The third-order valence-corrected chi connectivity index (χ3v) is 2.44. The van der Waals surface area contributed by atoms with Crippen LogP contribution in [0.5, 0.6) is 0 Å². The summed E-state index contributed by atoms with van der Waals surface area (Å²) in [7, 11) is 0. The molecule has 2 heteroatoms. The topological polar surface area (TPSA) is 37.3 Å². The average molecular weight is 192 g/mol. The van der Waals surface area contributed by atoms with Gasteiger partial charge in [-0.3, -0.25) is 0 Å². The zero-order valence-electron chi connectivity index (χ0n) is 8.87. The van der Waals surface area contributed by atoms with Crippen LogP contribution in [0.15, 0.2) is 18.2 Å². The summed E-state index contributed by atoms with van der Waals surface area (Å²) < 4.78 is 0. The van der Waals surface area contributed by atoms with Gasteiger partial charge in [0.2, 0.25) is 0 Å². The Balaban J connectivity index is 3.12. The minimum atomic E-state index is -1.04. The second-order valence-electron chi connectivity index (χ2n) is 3.96. The van der Waals surface area contributed by atoms with E-state index in [2.05, 4.69) is 0 Å². The molecule has 0 amide bonds. The second-order valence-corrected chi connectivity index (χ2v) is 3.96. The van der Waals surface area contributed by atoms with Gasteiger partial charge in [0.1, 0.15) is 6.29 Å². The van der Waals surface area contributed by atoms with Gasteiger partial charge in [-0.05, 0) is 31.9 Å². The summed E-state index contributed by atoms with van der Waals surface area (Å²) in [6.07, 6.45) is 0.885. The number of aldehydes is 1. The first-order valence-corrected chi connectivity index (χ1v) is 4.71. The number of carbonyl (C=O) groups is 1. The molecule has 2 nitrogen and oxygen atoms in total. The molecular weight excluding hydrogens is 176 g/mol. The normalized spacial score (nSPS) is 14.9. The molecule has 0 aliphatic heterocycles. The Hall–Kier alpha value is -1.15. The van der Waals surface area contributed by atoms with Gasteiger partial charge in [-0.2, -0.15) is 0 Å². The number of hydrogen-bond donors (Lipinski definition) is 1. The minimum Gasteiger partial charge on any atom is -0.385 e. The van der Waals surface area contributed by atoms with Crippen molar-refractivity contribution in [1.29, 1.82) is 0 Å². The number of rotatable bonds is 3. The van der Waals surface area contributed by atoms with Crippen LogP contribution in [0.25, 0.3) is 0 Å². The molecule has 1 unspecified atom stereocenters. The molecule has 0 aliphatic rings. The van der Waals surface area contributed by atoms with E-state index >= 15 is 0 Å². The van der Waals surface area contributed by atoms with Gasteiger partial charge < -0.3 is 9.90 Å². The molecule has 0 aliphatic carbocycles. The van der Waals surface area contributed by atoms with Crippen molar-refractivity contribution in [3.8, 4) is 0 Å². The molecule has 76 valence electrons. The number of carbonyl (C=O) groups excluding carboxylic acids is 1. The minimum absolute atomic E-state index is 0.136. The monoisotopic (exact) mass is 192 g/mol. The van der Waals surface area contributed by atoms with E-state index < -0.39 is 5.60 Å². The number of aliphatic hydroxyl groups is 1. The quantitative estimate of drug-likeness (QED) is 0.745. The summed E-state index contributed by atoms with van der Waals surface area (Å²) in [5, 5.41) is 10.0. The van der Waals surface area contributed by atoms with Crippen LogP contribution in [0, 0.1) is 13.8 Å².